The minimum atomic E-state index is -2.66. The zero-order valence-electron chi connectivity index (χ0n) is 14.9. The topological polar surface area (TPSA) is 46.9 Å². The number of halogens is 2. The zero-order chi connectivity index (χ0) is 19.4. The standard InChI is InChI=1S/C20H19F2N3OS/c1-13-12-17(19(21)22)24-25(13)14(2)20(26)23-16-10-6-7-11-18(16)27-15-8-4-3-5-9-15/h3-12,14,19H,1-2H3,(H,23,26). The van der Waals surface area contributed by atoms with Gasteiger partial charge in [0.1, 0.15) is 11.7 Å². The first-order valence-electron chi connectivity index (χ1n) is 8.42. The van der Waals surface area contributed by atoms with Crippen molar-refractivity contribution in [1.82, 2.24) is 9.78 Å². The number of hydrogen-bond acceptors (Lipinski definition) is 3. The molecular weight excluding hydrogens is 368 g/mol. The number of nitrogens with zero attached hydrogens (tertiary/aromatic N) is 2. The lowest BCUT2D eigenvalue weighted by molar-refractivity contribution is -0.119. The van der Waals surface area contributed by atoms with Crippen molar-refractivity contribution >= 4 is 23.4 Å². The molecule has 4 nitrogen and oxygen atoms in total. The number of hydrogen-bond donors (Lipinski definition) is 1. The molecule has 1 aromatic heterocycles. The molecule has 3 rings (SSSR count). The Hall–Kier alpha value is -2.67. The van der Waals surface area contributed by atoms with Crippen molar-refractivity contribution in [1.29, 1.82) is 0 Å². The smallest absolute Gasteiger partial charge is 0.282 e. The number of amides is 1. The predicted octanol–water partition coefficient (Wildman–Crippen LogP) is 5.48. The van der Waals surface area contributed by atoms with Gasteiger partial charge in [-0.25, -0.2) is 8.78 Å². The van der Waals surface area contributed by atoms with Crippen molar-refractivity contribution in [2.45, 2.75) is 36.1 Å². The van der Waals surface area contributed by atoms with E-state index in [0.29, 0.717) is 11.4 Å². The van der Waals surface area contributed by atoms with E-state index < -0.39 is 12.5 Å². The van der Waals surface area contributed by atoms with Crippen LogP contribution in [0.5, 0.6) is 0 Å². The Bertz CT molecular complexity index is 928. The molecule has 0 saturated heterocycles. The van der Waals surface area contributed by atoms with Gasteiger partial charge in [-0.1, -0.05) is 42.1 Å². The van der Waals surface area contributed by atoms with E-state index in [2.05, 4.69) is 10.4 Å². The van der Waals surface area contributed by atoms with Crippen LogP contribution in [0.4, 0.5) is 14.5 Å². The summed E-state index contributed by atoms with van der Waals surface area (Å²) in [6.45, 7) is 3.29. The lowest BCUT2D eigenvalue weighted by Crippen LogP contribution is -2.25. The van der Waals surface area contributed by atoms with Crippen LogP contribution in [0.15, 0.2) is 70.5 Å². The second-order valence-corrected chi connectivity index (χ2v) is 7.15. The van der Waals surface area contributed by atoms with Gasteiger partial charge in [-0.15, -0.1) is 0 Å². The summed E-state index contributed by atoms with van der Waals surface area (Å²) < 4.78 is 27.0. The summed E-state index contributed by atoms with van der Waals surface area (Å²) in [5.74, 6) is -0.317. The summed E-state index contributed by atoms with van der Waals surface area (Å²) in [4.78, 5) is 14.6. The Kier molecular flexibility index (Phi) is 5.91. The van der Waals surface area contributed by atoms with Crippen LogP contribution in [-0.2, 0) is 4.79 Å². The van der Waals surface area contributed by atoms with E-state index in [1.165, 1.54) is 22.5 Å². The molecule has 1 unspecified atom stereocenters. The Morgan fingerprint density at radius 3 is 2.44 bits per heavy atom. The lowest BCUT2D eigenvalue weighted by Gasteiger charge is -2.16. The van der Waals surface area contributed by atoms with Crippen molar-refractivity contribution in [3.05, 3.63) is 72.1 Å². The summed E-state index contributed by atoms with van der Waals surface area (Å²) in [5, 5.41) is 6.75. The van der Waals surface area contributed by atoms with E-state index in [1.807, 2.05) is 54.6 Å². The van der Waals surface area contributed by atoms with Gasteiger partial charge >= 0.3 is 0 Å². The molecular formula is C20H19F2N3OS. The molecule has 1 heterocycles. The van der Waals surface area contributed by atoms with Crippen LogP contribution in [0.1, 0.15) is 30.8 Å². The van der Waals surface area contributed by atoms with Crippen LogP contribution in [0.3, 0.4) is 0 Å². The highest BCUT2D eigenvalue weighted by atomic mass is 32.2. The number of para-hydroxylation sites is 1. The lowest BCUT2D eigenvalue weighted by atomic mass is 10.2. The maximum absolute atomic E-state index is 12.9. The van der Waals surface area contributed by atoms with Gasteiger partial charge < -0.3 is 5.32 Å². The van der Waals surface area contributed by atoms with E-state index in [4.69, 9.17) is 0 Å². The molecule has 0 bridgehead atoms. The molecule has 0 radical (unpaired) electrons. The zero-order valence-corrected chi connectivity index (χ0v) is 15.7. The first-order valence-corrected chi connectivity index (χ1v) is 9.24. The number of anilines is 1. The molecule has 1 amide bonds. The molecule has 0 saturated carbocycles. The maximum Gasteiger partial charge on any atom is 0.282 e. The first-order chi connectivity index (χ1) is 13.0. The summed E-state index contributed by atoms with van der Waals surface area (Å²) in [6, 6.07) is 17.9. The van der Waals surface area contributed by atoms with Crippen LogP contribution >= 0.6 is 11.8 Å². The molecule has 0 aliphatic rings. The van der Waals surface area contributed by atoms with Crippen molar-refractivity contribution < 1.29 is 13.6 Å². The van der Waals surface area contributed by atoms with Gasteiger partial charge in [-0.05, 0) is 44.2 Å². The average Bonchev–Trinajstić information content (AvgIpc) is 3.05. The van der Waals surface area contributed by atoms with Crippen molar-refractivity contribution in [2.24, 2.45) is 0 Å². The SMILES string of the molecule is Cc1cc(C(F)F)nn1C(C)C(=O)Nc1ccccc1Sc1ccccc1. The van der Waals surface area contributed by atoms with E-state index in [-0.39, 0.29) is 11.6 Å². The molecule has 7 heteroatoms. The molecule has 1 atom stereocenters. The number of aromatic nitrogens is 2. The number of rotatable bonds is 6. The van der Waals surface area contributed by atoms with Crippen molar-refractivity contribution in [3.63, 3.8) is 0 Å². The predicted molar refractivity (Wildman–Crippen MR) is 102 cm³/mol. The van der Waals surface area contributed by atoms with Gasteiger partial charge in [0.05, 0.1) is 5.69 Å². The van der Waals surface area contributed by atoms with Crippen molar-refractivity contribution in [3.8, 4) is 0 Å². The minimum Gasteiger partial charge on any atom is -0.323 e. The number of alkyl halides is 2. The van der Waals surface area contributed by atoms with Crippen LogP contribution < -0.4 is 5.32 Å². The maximum atomic E-state index is 12.9. The van der Waals surface area contributed by atoms with Crippen LogP contribution in [0.2, 0.25) is 0 Å². The summed E-state index contributed by atoms with van der Waals surface area (Å²) >= 11 is 1.54. The summed E-state index contributed by atoms with van der Waals surface area (Å²) in [6.07, 6.45) is -2.66. The van der Waals surface area contributed by atoms with E-state index in [9.17, 15) is 13.6 Å². The molecule has 0 aliphatic carbocycles. The molecule has 0 fully saturated rings. The largest absolute Gasteiger partial charge is 0.323 e. The fourth-order valence-corrected chi connectivity index (χ4v) is 3.56. The molecule has 27 heavy (non-hydrogen) atoms. The Morgan fingerprint density at radius 2 is 1.78 bits per heavy atom. The molecule has 3 aromatic rings. The third kappa shape index (κ3) is 4.54. The highest BCUT2D eigenvalue weighted by Crippen LogP contribution is 2.33. The summed E-state index contributed by atoms with van der Waals surface area (Å²) in [5.41, 5.74) is 0.856. The van der Waals surface area contributed by atoms with Crippen LogP contribution in [0, 0.1) is 6.92 Å². The van der Waals surface area contributed by atoms with Gasteiger partial charge in [0.25, 0.3) is 6.43 Å². The average molecular weight is 387 g/mol. The number of benzene rings is 2. The molecule has 2 aromatic carbocycles. The first kappa shape index (κ1) is 19.1. The van der Waals surface area contributed by atoms with Gasteiger partial charge in [0.2, 0.25) is 5.91 Å². The monoisotopic (exact) mass is 387 g/mol. The number of nitrogens with one attached hydrogen (secondary N) is 1. The molecule has 0 aliphatic heterocycles. The number of carbonyl (C=O) groups is 1. The number of aryl methyl sites for hydroxylation is 1. The second kappa shape index (κ2) is 8.35. The van der Waals surface area contributed by atoms with Crippen LogP contribution in [-0.4, -0.2) is 15.7 Å². The fourth-order valence-electron chi connectivity index (χ4n) is 2.63. The van der Waals surface area contributed by atoms with Crippen molar-refractivity contribution in [2.75, 3.05) is 5.32 Å². The van der Waals surface area contributed by atoms with Gasteiger partial charge in [-0.2, -0.15) is 5.10 Å². The van der Waals surface area contributed by atoms with E-state index >= 15 is 0 Å². The Labute approximate surface area is 160 Å². The summed E-state index contributed by atoms with van der Waals surface area (Å²) in [7, 11) is 0. The molecule has 1 N–H and O–H groups in total. The minimum absolute atomic E-state index is 0.317. The normalized spacial score (nSPS) is 12.2. The van der Waals surface area contributed by atoms with Gasteiger partial charge in [0, 0.05) is 15.5 Å². The Balaban J connectivity index is 1.78. The highest BCUT2D eigenvalue weighted by Gasteiger charge is 2.22. The number of carbonyl (C=O) groups excluding carboxylic acids is 1. The Morgan fingerprint density at radius 1 is 1.11 bits per heavy atom. The molecule has 0 spiro atoms. The second-order valence-electron chi connectivity index (χ2n) is 6.03. The fraction of sp³-hybridized carbons (Fsp3) is 0.200. The van der Waals surface area contributed by atoms with E-state index in [0.717, 1.165) is 9.79 Å². The van der Waals surface area contributed by atoms with Gasteiger partial charge in [-0.3, -0.25) is 9.48 Å². The highest BCUT2D eigenvalue weighted by molar-refractivity contribution is 7.99. The quantitative estimate of drug-likeness (QED) is 0.609. The third-order valence-electron chi connectivity index (χ3n) is 4.03. The van der Waals surface area contributed by atoms with Crippen LogP contribution in [0.25, 0.3) is 0 Å². The van der Waals surface area contributed by atoms with E-state index in [1.54, 1.807) is 13.8 Å². The third-order valence-corrected chi connectivity index (χ3v) is 5.11. The van der Waals surface area contributed by atoms with Gasteiger partial charge in [0.15, 0.2) is 0 Å². The molecule has 140 valence electrons.